The van der Waals surface area contributed by atoms with Gasteiger partial charge in [-0.1, -0.05) is 0 Å². The van der Waals surface area contributed by atoms with Gasteiger partial charge in [0.1, 0.15) is 0 Å². The quantitative estimate of drug-likeness (QED) is 0.126. The number of hydrogen-bond donors (Lipinski definition) is 1. The molecule has 2 aliphatic rings. The molecule has 0 aliphatic carbocycles. The number of carbonyl (C=O) groups excluding carboxylic acids is 1. The summed E-state index contributed by atoms with van der Waals surface area (Å²) in [4.78, 5) is 14.9. The van der Waals surface area contributed by atoms with E-state index < -0.39 is 8.07 Å². The van der Waals surface area contributed by atoms with E-state index in [-0.39, 0.29) is 46.6 Å². The zero-order valence-corrected chi connectivity index (χ0v) is 24.5. The molecule has 173 valence electrons. The van der Waals surface area contributed by atoms with Gasteiger partial charge in [0, 0.05) is 26.2 Å². The normalized spacial score (nSPS) is 14.2. The Morgan fingerprint density at radius 2 is 1.74 bits per heavy atom. The van der Waals surface area contributed by atoms with E-state index in [4.69, 9.17) is 10.1 Å². The Hall–Kier alpha value is -2.33. The molecule has 3 heterocycles. The van der Waals surface area contributed by atoms with Crippen molar-refractivity contribution in [3.63, 3.8) is 0 Å². The molecule has 0 spiro atoms. The van der Waals surface area contributed by atoms with Crippen LogP contribution in [0.2, 0.25) is 13.1 Å². The predicted molar refractivity (Wildman–Crippen MR) is 140 cm³/mol. The Morgan fingerprint density at radius 1 is 1.00 bits per heavy atom. The number of ketones is 1. The van der Waals surface area contributed by atoms with Crippen molar-refractivity contribution in [2.24, 2.45) is 0 Å². The summed E-state index contributed by atoms with van der Waals surface area (Å²) in [7, 11) is -1.65. The molecule has 6 heteroatoms. The topological polar surface area (TPSA) is 50.2 Å². The number of allylic oxidation sites excluding steroid dienone is 2. The van der Waals surface area contributed by atoms with Crippen molar-refractivity contribution in [1.29, 1.82) is 0 Å². The molecule has 34 heavy (non-hydrogen) atoms. The third kappa shape index (κ3) is 4.15. The molecule has 0 unspecified atom stereocenters. The first-order valence-corrected chi connectivity index (χ1v) is 15.6. The number of carbonyl (C=O) groups is 1. The van der Waals surface area contributed by atoms with E-state index in [1.165, 1.54) is 61.5 Å². The van der Waals surface area contributed by atoms with Crippen molar-refractivity contribution >= 4 is 58.9 Å². The van der Waals surface area contributed by atoms with E-state index in [1.807, 2.05) is 6.20 Å². The molecule has 6 rings (SSSR count). The van der Waals surface area contributed by atoms with Gasteiger partial charge in [0.05, 0.1) is 5.76 Å². The number of fused-ring (bicyclic) bond motifs is 3. The molecule has 0 fully saturated rings. The van der Waals surface area contributed by atoms with E-state index in [1.54, 1.807) is 5.19 Å². The largest absolute Gasteiger partial charge is 0 e. The Bertz CT molecular complexity index is 1480. The Morgan fingerprint density at radius 3 is 2.44 bits per heavy atom. The number of pyridine rings is 1. The van der Waals surface area contributed by atoms with Crippen LogP contribution >= 0.6 is 0 Å². The average Bonchev–Trinajstić information content (AvgIpc) is 2.92. The van der Waals surface area contributed by atoms with Gasteiger partial charge in [-0.3, -0.25) is 4.79 Å². The van der Waals surface area contributed by atoms with Gasteiger partial charge >= 0.3 is 160 Å². The first-order chi connectivity index (χ1) is 15.8. The second kappa shape index (κ2) is 9.37. The summed E-state index contributed by atoms with van der Waals surface area (Å²) >= 11 is 0.272. The summed E-state index contributed by atoms with van der Waals surface area (Å²) in [5.41, 5.74) is 5.27. The van der Waals surface area contributed by atoms with E-state index in [2.05, 4.69) is 73.8 Å². The van der Waals surface area contributed by atoms with E-state index in [0.29, 0.717) is 0 Å². The molecule has 0 saturated heterocycles. The maximum absolute atomic E-state index is 10.0. The van der Waals surface area contributed by atoms with Crippen molar-refractivity contribution in [3.8, 4) is 22.4 Å². The fourth-order valence-electron chi connectivity index (χ4n) is 4.78. The van der Waals surface area contributed by atoms with Gasteiger partial charge in [0.25, 0.3) is 0 Å². The number of hydrogen-bond acceptors (Lipinski definition) is 3. The van der Waals surface area contributed by atoms with Crippen LogP contribution in [-0.4, -0.2) is 38.9 Å². The number of nitrogens with zero attached hydrogens (tertiary/aromatic N) is 1. The van der Waals surface area contributed by atoms with Gasteiger partial charge in [-0.25, -0.2) is 0 Å². The molecule has 1 N–H and O–H groups in total. The second-order valence-electron chi connectivity index (χ2n) is 8.98. The van der Waals surface area contributed by atoms with Crippen LogP contribution < -0.4 is 19.3 Å². The van der Waals surface area contributed by atoms with E-state index in [9.17, 15) is 4.79 Å². The smallest absolute Gasteiger partial charge is 0 e. The van der Waals surface area contributed by atoms with Crippen molar-refractivity contribution < 1.29 is 30.0 Å². The standard InChI is InChI=1S/C23H16NSeSi.C5H8O2.Ir/c1-26(2)19-9-5-8-17-21(19)22-20(26)10-11-24-23(22)16-12-14-6-3-4-7-15(14)13-18(16)25-17;1-4(6)3-5(2)7;/h3-11,13H,1-2H3;3,6H,1-2H3;/q-1;;/b;4-3-;. The van der Waals surface area contributed by atoms with Crippen LogP contribution in [0.1, 0.15) is 13.8 Å². The van der Waals surface area contributed by atoms with Gasteiger partial charge in [0.2, 0.25) is 0 Å². The molecule has 2 aliphatic heterocycles. The molecule has 4 aromatic rings. The van der Waals surface area contributed by atoms with Crippen molar-refractivity contribution in [2.75, 3.05) is 0 Å². The molecule has 1 radical (unpaired) electrons. The molecular weight excluding hydrogens is 682 g/mol. The zero-order chi connectivity index (χ0) is 23.3. The maximum Gasteiger partial charge on any atom is 0 e. The third-order valence-electron chi connectivity index (χ3n) is 6.20. The number of aliphatic hydroxyl groups is 1. The Balaban J connectivity index is 0.000000303. The van der Waals surface area contributed by atoms with Crippen molar-refractivity contribution in [1.82, 2.24) is 4.98 Å². The number of aromatic nitrogens is 1. The molecule has 0 amide bonds. The van der Waals surface area contributed by atoms with Crippen LogP contribution in [0.5, 0.6) is 0 Å². The summed E-state index contributed by atoms with van der Waals surface area (Å²) in [6.45, 7) is 7.80. The first-order valence-electron chi connectivity index (χ1n) is 10.9. The second-order valence-corrected chi connectivity index (χ2v) is 15.6. The molecular formula is C28H24IrNO2SeSi-. The van der Waals surface area contributed by atoms with Crippen LogP contribution in [0.15, 0.2) is 72.6 Å². The van der Waals surface area contributed by atoms with Crippen LogP contribution in [0.3, 0.4) is 0 Å². The minimum Gasteiger partial charge on any atom is 0 e. The molecule has 3 nitrogen and oxygen atoms in total. The monoisotopic (exact) mass is 707 g/mol. The van der Waals surface area contributed by atoms with Gasteiger partial charge in [-0.2, -0.15) is 0 Å². The third-order valence-corrected chi connectivity index (χ3v) is 12.0. The molecule has 0 bridgehead atoms. The maximum atomic E-state index is 10.0. The number of benzene rings is 3. The van der Waals surface area contributed by atoms with Crippen LogP contribution in [0.4, 0.5) is 0 Å². The Kier molecular flexibility index (Phi) is 6.83. The summed E-state index contributed by atoms with van der Waals surface area (Å²) in [6, 6.07) is 23.9. The van der Waals surface area contributed by atoms with Crippen molar-refractivity contribution in [3.05, 3.63) is 78.7 Å². The van der Waals surface area contributed by atoms with Gasteiger partial charge < -0.3 is 5.11 Å². The number of rotatable bonds is 1. The summed E-state index contributed by atoms with van der Waals surface area (Å²) < 4.78 is 2.91. The van der Waals surface area contributed by atoms with Crippen LogP contribution in [0.25, 0.3) is 33.2 Å². The van der Waals surface area contributed by atoms with Crippen LogP contribution in [0, 0.1) is 6.07 Å². The summed E-state index contributed by atoms with van der Waals surface area (Å²) in [6.07, 6.45) is 3.18. The van der Waals surface area contributed by atoms with E-state index >= 15 is 0 Å². The fraction of sp³-hybridized carbons (Fsp3) is 0.143. The zero-order valence-electron chi connectivity index (χ0n) is 19.4. The molecule has 0 saturated carbocycles. The summed E-state index contributed by atoms with van der Waals surface area (Å²) in [5.74, 6) is -0.0625. The SMILES string of the molecule is CC(=O)/C=C(/C)O.C[Si]1(C)c2cccc3c2-c2c1ccnc2-c1[c-]c2ccccc2cc1[Se]3.[Ir]. The van der Waals surface area contributed by atoms with Crippen molar-refractivity contribution in [2.45, 2.75) is 26.9 Å². The molecule has 1 aromatic heterocycles. The van der Waals surface area contributed by atoms with Gasteiger partial charge in [-0.05, 0) is 13.8 Å². The molecule has 0 atom stereocenters. The minimum atomic E-state index is -1.65. The predicted octanol–water partition coefficient (Wildman–Crippen LogP) is 3.51. The van der Waals surface area contributed by atoms with E-state index in [0.717, 1.165) is 5.69 Å². The van der Waals surface area contributed by atoms with Crippen LogP contribution in [-0.2, 0) is 24.9 Å². The average molecular weight is 706 g/mol. The van der Waals surface area contributed by atoms with Gasteiger partial charge in [-0.15, -0.1) is 0 Å². The number of aliphatic hydroxyl groups excluding tert-OH is 1. The fourth-order valence-corrected chi connectivity index (χ4v) is 10.4. The summed E-state index contributed by atoms with van der Waals surface area (Å²) in [5, 5.41) is 13.9. The van der Waals surface area contributed by atoms with Gasteiger partial charge in [0.15, 0.2) is 5.78 Å². The molecule has 3 aromatic carbocycles. The first kappa shape index (κ1) is 24.8. The Labute approximate surface area is 220 Å². The minimum absolute atomic E-state index is 0.